The fourth-order valence-corrected chi connectivity index (χ4v) is 5.24. The molecule has 2 aromatic rings. The maximum Gasteiger partial charge on any atom is 0.411 e. The number of carboxylic acid groups (broad SMARTS) is 1. The first-order valence-corrected chi connectivity index (χ1v) is 11.2. The van der Waals surface area contributed by atoms with Crippen LogP contribution < -0.4 is 5.32 Å². The molecule has 5 rings (SSSR count). The average Bonchev–Trinajstić information content (AvgIpc) is 3.53. The van der Waals surface area contributed by atoms with Gasteiger partial charge in [0.05, 0.1) is 5.69 Å². The molecule has 33 heavy (non-hydrogen) atoms. The van der Waals surface area contributed by atoms with E-state index in [4.69, 9.17) is 14.6 Å². The van der Waals surface area contributed by atoms with E-state index in [1.165, 1.54) is 0 Å². The van der Waals surface area contributed by atoms with Gasteiger partial charge < -0.3 is 14.6 Å². The lowest BCUT2D eigenvalue weighted by Gasteiger charge is -2.37. The number of morpholine rings is 1. The smallest absolute Gasteiger partial charge is 0.411 e. The lowest BCUT2D eigenvalue weighted by molar-refractivity contribution is -0.137. The number of nitrogens with one attached hydrogen (secondary N) is 1. The van der Waals surface area contributed by atoms with Crippen LogP contribution in [0.15, 0.2) is 48.5 Å². The van der Waals surface area contributed by atoms with Crippen LogP contribution in [0.1, 0.15) is 31.2 Å². The topological polar surface area (TPSA) is 91.4 Å². The van der Waals surface area contributed by atoms with E-state index in [2.05, 4.69) is 17.3 Å². The first kappa shape index (κ1) is 23.5. The summed E-state index contributed by atoms with van der Waals surface area (Å²) in [5, 5.41) is 11.8. The second-order valence-corrected chi connectivity index (χ2v) is 8.98. The second kappa shape index (κ2) is 9.71. The number of aryl methyl sites for hydroxylation is 1. The van der Waals surface area contributed by atoms with Crippen LogP contribution in [0.5, 0.6) is 0 Å². The first-order valence-electron chi connectivity index (χ1n) is 11.2. The predicted octanol–water partition coefficient (Wildman–Crippen LogP) is 4.34. The van der Waals surface area contributed by atoms with E-state index in [1.807, 2.05) is 48.5 Å². The van der Waals surface area contributed by atoms with E-state index in [0.717, 1.165) is 29.5 Å². The van der Waals surface area contributed by atoms with Crippen molar-refractivity contribution in [1.82, 2.24) is 4.90 Å². The molecule has 3 saturated heterocycles. The Bertz CT molecular complexity index is 999. The summed E-state index contributed by atoms with van der Waals surface area (Å²) in [5.41, 5.74) is 3.60. The van der Waals surface area contributed by atoms with Crippen LogP contribution in [-0.2, 0) is 20.7 Å². The van der Waals surface area contributed by atoms with Gasteiger partial charge in [0, 0.05) is 36.9 Å². The van der Waals surface area contributed by atoms with E-state index in [-0.39, 0.29) is 24.9 Å². The lowest BCUT2D eigenvalue weighted by atomic mass is 9.98. The minimum atomic E-state index is -0.791. The fraction of sp³-hybridized carbons (Fsp3) is 0.440. The maximum absolute atomic E-state index is 12.8. The van der Waals surface area contributed by atoms with Crippen LogP contribution in [0.3, 0.4) is 0 Å². The van der Waals surface area contributed by atoms with Gasteiger partial charge in [0.1, 0.15) is 18.3 Å². The SMILES string of the molecule is CN1[C@@H]2C[C@@H](OC(=O)Nc3ccc(CCCC(=O)O)cc3-c3ccccc3)C[C@H]1[C@@H]1O[C@@H]12.Cl. The van der Waals surface area contributed by atoms with Gasteiger partial charge in [-0.3, -0.25) is 15.0 Å². The summed E-state index contributed by atoms with van der Waals surface area (Å²) >= 11 is 0. The number of nitrogens with zero attached hydrogens (tertiary/aromatic N) is 1. The van der Waals surface area contributed by atoms with Crippen molar-refractivity contribution in [2.45, 2.75) is 62.5 Å². The van der Waals surface area contributed by atoms with Gasteiger partial charge in [0.25, 0.3) is 0 Å². The Morgan fingerprint density at radius 3 is 2.48 bits per heavy atom. The van der Waals surface area contributed by atoms with Crippen molar-refractivity contribution in [3.05, 3.63) is 54.1 Å². The van der Waals surface area contributed by atoms with Crippen LogP contribution >= 0.6 is 12.4 Å². The summed E-state index contributed by atoms with van der Waals surface area (Å²) in [6.45, 7) is 0. The number of hydrogen-bond donors (Lipinski definition) is 2. The number of epoxide rings is 1. The molecule has 0 unspecified atom stereocenters. The highest BCUT2D eigenvalue weighted by molar-refractivity contribution is 5.91. The van der Waals surface area contributed by atoms with Crippen molar-refractivity contribution in [3.8, 4) is 11.1 Å². The largest absolute Gasteiger partial charge is 0.481 e. The molecule has 3 heterocycles. The number of piperidine rings is 1. The number of halogens is 1. The number of hydrogen-bond acceptors (Lipinski definition) is 5. The number of benzene rings is 2. The molecule has 0 aromatic heterocycles. The van der Waals surface area contributed by atoms with Crippen LogP contribution in [0.2, 0.25) is 0 Å². The second-order valence-electron chi connectivity index (χ2n) is 8.98. The number of rotatable bonds is 7. The Morgan fingerprint density at radius 1 is 1.12 bits per heavy atom. The molecule has 176 valence electrons. The molecule has 0 aliphatic carbocycles. The lowest BCUT2D eigenvalue weighted by Crippen LogP contribution is -2.48. The highest BCUT2D eigenvalue weighted by Crippen LogP contribution is 2.48. The normalized spacial score (nSPS) is 27.2. The molecule has 2 bridgehead atoms. The number of anilines is 1. The summed E-state index contributed by atoms with van der Waals surface area (Å²) in [5.74, 6) is -0.791. The van der Waals surface area contributed by atoms with E-state index in [9.17, 15) is 9.59 Å². The number of ether oxygens (including phenoxy) is 2. The summed E-state index contributed by atoms with van der Waals surface area (Å²) < 4.78 is 11.5. The maximum atomic E-state index is 12.8. The molecule has 1 amide bonds. The third-order valence-electron chi connectivity index (χ3n) is 6.91. The minimum absolute atomic E-state index is 0. The molecule has 5 atom stereocenters. The quantitative estimate of drug-likeness (QED) is 0.582. The van der Waals surface area contributed by atoms with Crippen molar-refractivity contribution < 1.29 is 24.2 Å². The summed E-state index contributed by atoms with van der Waals surface area (Å²) in [7, 11) is 2.13. The van der Waals surface area contributed by atoms with Gasteiger partial charge in [-0.05, 0) is 43.1 Å². The monoisotopic (exact) mass is 472 g/mol. The van der Waals surface area contributed by atoms with Gasteiger partial charge in [0.2, 0.25) is 0 Å². The molecular weight excluding hydrogens is 444 g/mol. The van der Waals surface area contributed by atoms with Crippen LogP contribution in [0.4, 0.5) is 10.5 Å². The highest BCUT2D eigenvalue weighted by Gasteiger charge is 2.62. The highest BCUT2D eigenvalue weighted by atomic mass is 35.5. The van der Waals surface area contributed by atoms with E-state index >= 15 is 0 Å². The van der Waals surface area contributed by atoms with E-state index < -0.39 is 12.1 Å². The Kier molecular flexibility index (Phi) is 6.93. The van der Waals surface area contributed by atoms with Gasteiger partial charge in [-0.1, -0.05) is 36.4 Å². The van der Waals surface area contributed by atoms with Crippen molar-refractivity contribution in [3.63, 3.8) is 0 Å². The molecule has 3 aliphatic heterocycles. The number of carbonyl (C=O) groups excluding carboxylic acids is 1. The van der Waals surface area contributed by atoms with Crippen LogP contribution in [-0.4, -0.2) is 59.5 Å². The molecule has 2 N–H and O–H groups in total. The van der Waals surface area contributed by atoms with Crippen LogP contribution in [0, 0.1) is 0 Å². The third kappa shape index (κ3) is 5.00. The molecule has 2 aromatic carbocycles. The zero-order valence-corrected chi connectivity index (χ0v) is 19.3. The number of carbonyl (C=O) groups is 2. The van der Waals surface area contributed by atoms with Crippen molar-refractivity contribution >= 4 is 30.2 Å². The molecule has 7 nitrogen and oxygen atoms in total. The number of amides is 1. The summed E-state index contributed by atoms with van der Waals surface area (Å²) in [6.07, 6.45) is 3.05. The summed E-state index contributed by atoms with van der Waals surface area (Å²) in [4.78, 5) is 26.0. The molecule has 3 fully saturated rings. The third-order valence-corrected chi connectivity index (χ3v) is 6.91. The molecule has 8 heteroatoms. The molecular formula is C25H29ClN2O5. The molecule has 0 radical (unpaired) electrons. The van der Waals surface area contributed by atoms with Gasteiger partial charge in [-0.2, -0.15) is 0 Å². The van der Waals surface area contributed by atoms with Crippen LogP contribution in [0.25, 0.3) is 11.1 Å². The van der Waals surface area contributed by atoms with Crippen molar-refractivity contribution in [2.24, 2.45) is 0 Å². The number of likely N-dealkylation sites (N-methyl/N-ethyl adjacent to an activating group) is 1. The molecule has 0 saturated carbocycles. The zero-order chi connectivity index (χ0) is 22.2. The summed E-state index contributed by atoms with van der Waals surface area (Å²) in [6, 6.07) is 16.3. The molecule has 0 spiro atoms. The van der Waals surface area contributed by atoms with Gasteiger partial charge in [-0.25, -0.2) is 4.79 Å². The zero-order valence-electron chi connectivity index (χ0n) is 18.5. The molecule has 3 aliphatic rings. The van der Waals surface area contributed by atoms with Crippen molar-refractivity contribution in [1.29, 1.82) is 0 Å². The number of fused-ring (bicyclic) bond motifs is 5. The standard InChI is InChI=1S/C25H28N2O5.ClH/c1-27-20-13-17(14-21(27)24-23(20)32-24)31-25(30)26-19-11-10-15(6-5-9-22(28)29)12-18(19)16-7-3-2-4-8-16;/h2-4,7-8,10-12,17,20-21,23-24H,5-6,9,13-14H2,1H3,(H,26,30)(H,28,29);1H/t17-,20-,21+,23-,24+;. The van der Waals surface area contributed by atoms with E-state index in [0.29, 0.717) is 42.8 Å². The fourth-order valence-electron chi connectivity index (χ4n) is 5.24. The Balaban J connectivity index is 0.00000259. The van der Waals surface area contributed by atoms with Gasteiger partial charge in [-0.15, -0.1) is 12.4 Å². The van der Waals surface area contributed by atoms with Gasteiger partial charge >= 0.3 is 12.1 Å². The average molecular weight is 473 g/mol. The number of aliphatic carboxylic acids is 1. The Morgan fingerprint density at radius 2 is 1.82 bits per heavy atom. The van der Waals surface area contributed by atoms with E-state index in [1.54, 1.807) is 0 Å². The minimum Gasteiger partial charge on any atom is -0.481 e. The predicted molar refractivity (Wildman–Crippen MR) is 127 cm³/mol. The first-order chi connectivity index (χ1) is 15.5. The van der Waals surface area contributed by atoms with Gasteiger partial charge in [0.15, 0.2) is 0 Å². The van der Waals surface area contributed by atoms with Crippen molar-refractivity contribution in [2.75, 3.05) is 12.4 Å². The Hall–Kier alpha value is -2.61. The number of carboxylic acids is 1. The Labute approximate surface area is 199 Å².